The summed E-state index contributed by atoms with van der Waals surface area (Å²) in [5, 5.41) is 0. The summed E-state index contributed by atoms with van der Waals surface area (Å²) in [7, 11) is 0. The number of ether oxygens (including phenoxy) is 1. The molecule has 1 aliphatic rings. The molecule has 0 saturated heterocycles. The summed E-state index contributed by atoms with van der Waals surface area (Å²) < 4.78 is 4.86. The third-order valence-electron chi connectivity index (χ3n) is 2.54. The summed E-state index contributed by atoms with van der Waals surface area (Å²) in [4.78, 5) is 11.3. The lowest BCUT2D eigenvalue weighted by Crippen LogP contribution is -1.99. The molecule has 0 bridgehead atoms. The van der Waals surface area contributed by atoms with Gasteiger partial charge in [0.2, 0.25) is 0 Å². The molecule has 72 valence electrons. The van der Waals surface area contributed by atoms with Crippen molar-refractivity contribution < 1.29 is 9.53 Å². The lowest BCUT2D eigenvalue weighted by atomic mass is 10.0. The molecule has 0 aliphatic carbocycles. The fraction of sp³-hybridized carbons (Fsp3) is 0.250. The number of aryl methyl sites for hydroxylation is 2. The van der Waals surface area contributed by atoms with Gasteiger partial charge < -0.3 is 4.74 Å². The number of hydrogen-bond donors (Lipinski definition) is 0. The number of carbonyl (C=O) groups excluding carboxylic acids is 1. The first-order chi connectivity index (χ1) is 6.68. The molecule has 1 heterocycles. The van der Waals surface area contributed by atoms with Crippen molar-refractivity contribution in [1.82, 2.24) is 0 Å². The van der Waals surface area contributed by atoms with Crippen molar-refractivity contribution in [2.75, 3.05) is 6.61 Å². The van der Waals surface area contributed by atoms with Crippen LogP contribution in [-0.2, 0) is 9.53 Å². The highest BCUT2D eigenvalue weighted by Crippen LogP contribution is 2.22. The first-order valence-electron chi connectivity index (χ1n) is 4.63. The highest BCUT2D eigenvalue weighted by molar-refractivity contribution is 6.18. The van der Waals surface area contributed by atoms with Crippen LogP contribution in [0.2, 0.25) is 0 Å². The summed E-state index contributed by atoms with van der Waals surface area (Å²) in [6, 6.07) is 6.01. The van der Waals surface area contributed by atoms with Gasteiger partial charge in [-0.3, -0.25) is 0 Å². The highest BCUT2D eigenvalue weighted by atomic mass is 16.5. The van der Waals surface area contributed by atoms with Crippen LogP contribution in [0.5, 0.6) is 0 Å². The summed E-state index contributed by atoms with van der Waals surface area (Å²) in [5.74, 6) is -0.215. The Morgan fingerprint density at radius 3 is 2.57 bits per heavy atom. The maximum absolute atomic E-state index is 11.3. The molecular weight excluding hydrogens is 176 g/mol. The molecule has 0 radical (unpaired) electrons. The molecule has 0 unspecified atom stereocenters. The maximum Gasteiger partial charge on any atom is 0.338 e. The van der Waals surface area contributed by atoms with E-state index in [1.54, 1.807) is 0 Å². The molecule has 0 N–H and O–H groups in total. The predicted octanol–water partition coefficient (Wildman–Crippen LogP) is 2.24. The summed E-state index contributed by atoms with van der Waals surface area (Å²) in [5.41, 5.74) is 4.08. The normalized spacial score (nSPS) is 15.3. The van der Waals surface area contributed by atoms with E-state index < -0.39 is 0 Å². The van der Waals surface area contributed by atoms with Crippen LogP contribution in [0.25, 0.3) is 5.57 Å². The highest BCUT2D eigenvalue weighted by Gasteiger charge is 2.18. The van der Waals surface area contributed by atoms with Gasteiger partial charge in [0.1, 0.15) is 6.61 Å². The first-order valence-corrected chi connectivity index (χ1v) is 4.63. The van der Waals surface area contributed by atoms with Crippen LogP contribution < -0.4 is 0 Å². The topological polar surface area (TPSA) is 26.3 Å². The maximum atomic E-state index is 11.3. The third kappa shape index (κ3) is 1.43. The van der Waals surface area contributed by atoms with Crippen LogP contribution in [0.4, 0.5) is 0 Å². The van der Waals surface area contributed by atoms with Gasteiger partial charge in [-0.05, 0) is 36.6 Å². The predicted molar refractivity (Wildman–Crippen MR) is 54.9 cm³/mol. The lowest BCUT2D eigenvalue weighted by molar-refractivity contribution is -0.133. The minimum Gasteiger partial charge on any atom is -0.458 e. The molecule has 1 aliphatic heterocycles. The second kappa shape index (κ2) is 3.29. The van der Waals surface area contributed by atoms with E-state index in [9.17, 15) is 4.79 Å². The van der Waals surface area contributed by atoms with Gasteiger partial charge in [-0.15, -0.1) is 0 Å². The van der Waals surface area contributed by atoms with Gasteiger partial charge in [0.25, 0.3) is 0 Å². The van der Waals surface area contributed by atoms with Gasteiger partial charge in [0, 0.05) is 0 Å². The van der Waals surface area contributed by atoms with Crippen molar-refractivity contribution in [3.8, 4) is 0 Å². The molecule has 0 amide bonds. The van der Waals surface area contributed by atoms with Crippen molar-refractivity contribution in [2.45, 2.75) is 13.8 Å². The first kappa shape index (κ1) is 9.00. The average molecular weight is 188 g/mol. The largest absolute Gasteiger partial charge is 0.458 e. The smallest absolute Gasteiger partial charge is 0.338 e. The number of hydrogen-bond acceptors (Lipinski definition) is 2. The Kier molecular flexibility index (Phi) is 2.12. The number of benzene rings is 1. The van der Waals surface area contributed by atoms with E-state index in [2.05, 4.69) is 6.92 Å². The second-order valence-corrected chi connectivity index (χ2v) is 3.52. The van der Waals surface area contributed by atoms with E-state index in [0.717, 1.165) is 5.56 Å². The Bertz CT molecular complexity index is 416. The van der Waals surface area contributed by atoms with Gasteiger partial charge >= 0.3 is 5.97 Å². The Morgan fingerprint density at radius 2 is 2.00 bits per heavy atom. The quantitative estimate of drug-likeness (QED) is 0.632. The summed E-state index contributed by atoms with van der Waals surface area (Å²) in [6.45, 7) is 4.50. The molecule has 0 saturated carbocycles. The van der Waals surface area contributed by atoms with E-state index in [4.69, 9.17) is 4.74 Å². The molecule has 1 aromatic carbocycles. The summed E-state index contributed by atoms with van der Waals surface area (Å²) in [6.07, 6.45) is 1.83. The number of carbonyl (C=O) groups is 1. The minimum absolute atomic E-state index is 0.215. The molecule has 2 heteroatoms. The van der Waals surface area contributed by atoms with Crippen molar-refractivity contribution in [3.05, 3.63) is 41.0 Å². The van der Waals surface area contributed by atoms with Gasteiger partial charge in [-0.1, -0.05) is 18.2 Å². The summed E-state index contributed by atoms with van der Waals surface area (Å²) >= 11 is 0. The molecule has 14 heavy (non-hydrogen) atoms. The molecule has 2 rings (SSSR count). The van der Waals surface area contributed by atoms with Gasteiger partial charge in [0.15, 0.2) is 0 Å². The van der Waals surface area contributed by atoms with Gasteiger partial charge in [0.05, 0.1) is 5.57 Å². The molecular formula is C12H12O2. The molecule has 0 atom stereocenters. The van der Waals surface area contributed by atoms with Gasteiger partial charge in [-0.25, -0.2) is 4.79 Å². The zero-order valence-electron chi connectivity index (χ0n) is 8.33. The van der Waals surface area contributed by atoms with Crippen molar-refractivity contribution in [2.24, 2.45) is 0 Å². The monoisotopic (exact) mass is 188 g/mol. The number of cyclic esters (lactones) is 1. The van der Waals surface area contributed by atoms with E-state index in [1.807, 2.05) is 31.2 Å². The van der Waals surface area contributed by atoms with Crippen molar-refractivity contribution in [3.63, 3.8) is 0 Å². The van der Waals surface area contributed by atoms with Crippen LogP contribution in [0.3, 0.4) is 0 Å². The van der Waals surface area contributed by atoms with Crippen LogP contribution >= 0.6 is 0 Å². The zero-order valence-corrected chi connectivity index (χ0v) is 8.33. The van der Waals surface area contributed by atoms with Crippen molar-refractivity contribution >= 4 is 11.5 Å². The van der Waals surface area contributed by atoms with E-state index in [1.165, 1.54) is 11.1 Å². The molecule has 0 fully saturated rings. The SMILES string of the molecule is Cc1ccc(C2=CCOC2=O)cc1C. The Hall–Kier alpha value is -1.57. The van der Waals surface area contributed by atoms with Gasteiger partial charge in [-0.2, -0.15) is 0 Å². The van der Waals surface area contributed by atoms with E-state index >= 15 is 0 Å². The Morgan fingerprint density at radius 1 is 1.21 bits per heavy atom. The van der Waals surface area contributed by atoms with Crippen LogP contribution in [0.1, 0.15) is 16.7 Å². The molecule has 1 aromatic rings. The van der Waals surface area contributed by atoms with Crippen molar-refractivity contribution in [1.29, 1.82) is 0 Å². The van der Waals surface area contributed by atoms with Crippen LogP contribution in [0, 0.1) is 13.8 Å². The lowest BCUT2D eigenvalue weighted by Gasteiger charge is -2.04. The van der Waals surface area contributed by atoms with E-state index in [-0.39, 0.29) is 5.97 Å². The van der Waals surface area contributed by atoms with Crippen LogP contribution in [0.15, 0.2) is 24.3 Å². The van der Waals surface area contributed by atoms with Crippen LogP contribution in [-0.4, -0.2) is 12.6 Å². The van der Waals surface area contributed by atoms with E-state index in [0.29, 0.717) is 12.2 Å². The Balaban J connectivity index is 2.42. The minimum atomic E-state index is -0.215. The second-order valence-electron chi connectivity index (χ2n) is 3.52. The fourth-order valence-corrected chi connectivity index (χ4v) is 1.51. The average Bonchev–Trinajstić information content (AvgIpc) is 2.57. The number of esters is 1. The molecule has 0 spiro atoms. The fourth-order valence-electron chi connectivity index (χ4n) is 1.51. The molecule has 2 nitrogen and oxygen atoms in total. The molecule has 0 aromatic heterocycles. The third-order valence-corrected chi connectivity index (χ3v) is 2.54. The zero-order chi connectivity index (χ0) is 10.1. The Labute approximate surface area is 83.2 Å². The standard InChI is InChI=1S/C12H12O2/c1-8-3-4-10(7-9(8)2)11-5-6-14-12(11)13/h3-5,7H,6H2,1-2H3. The number of rotatable bonds is 1.